The highest BCUT2D eigenvalue weighted by atomic mass is 32.2. The minimum Gasteiger partial charge on any atom is -0.322 e. The lowest BCUT2D eigenvalue weighted by molar-refractivity contribution is -0.137. The molecule has 0 unspecified atom stereocenters. The highest BCUT2D eigenvalue weighted by molar-refractivity contribution is 7.92. The first kappa shape index (κ1) is 17.8. The molecule has 0 bridgehead atoms. The third-order valence-corrected chi connectivity index (χ3v) is 3.53. The maximum Gasteiger partial charge on any atom is 0.417 e. The van der Waals surface area contributed by atoms with Crippen molar-refractivity contribution in [2.75, 3.05) is 16.3 Å². The number of halogens is 3. The lowest BCUT2D eigenvalue weighted by Gasteiger charge is -2.13. The standard InChI is InChI=1S/C15H13F3N2O3S/c1-24(22,23)20-11-8-6-10(7-9-11)19-14(21)12-4-2-3-5-13(12)15(16,17)18/h2-9,20H,1H3,(H,19,21). The fourth-order valence-electron chi connectivity index (χ4n) is 1.96. The number of amides is 1. The molecule has 2 aromatic carbocycles. The van der Waals surface area contributed by atoms with Crippen molar-refractivity contribution in [1.29, 1.82) is 0 Å². The normalized spacial score (nSPS) is 11.8. The maximum atomic E-state index is 12.9. The number of benzene rings is 2. The molecule has 2 N–H and O–H groups in total. The van der Waals surface area contributed by atoms with Crippen LogP contribution in [0.25, 0.3) is 0 Å². The van der Waals surface area contributed by atoms with Crippen LogP contribution in [0.1, 0.15) is 15.9 Å². The molecule has 0 radical (unpaired) electrons. The summed E-state index contributed by atoms with van der Waals surface area (Å²) in [6.45, 7) is 0. The highest BCUT2D eigenvalue weighted by Gasteiger charge is 2.34. The monoisotopic (exact) mass is 358 g/mol. The number of hydrogen-bond donors (Lipinski definition) is 2. The van der Waals surface area contributed by atoms with Gasteiger partial charge in [-0.3, -0.25) is 9.52 Å². The van der Waals surface area contributed by atoms with Crippen molar-refractivity contribution < 1.29 is 26.4 Å². The molecule has 0 aliphatic heterocycles. The third-order valence-electron chi connectivity index (χ3n) is 2.92. The van der Waals surface area contributed by atoms with E-state index in [2.05, 4.69) is 10.0 Å². The molecule has 128 valence electrons. The average Bonchev–Trinajstić information content (AvgIpc) is 2.47. The second-order valence-electron chi connectivity index (χ2n) is 4.95. The highest BCUT2D eigenvalue weighted by Crippen LogP contribution is 2.32. The van der Waals surface area contributed by atoms with E-state index in [0.717, 1.165) is 18.4 Å². The topological polar surface area (TPSA) is 75.3 Å². The smallest absolute Gasteiger partial charge is 0.322 e. The predicted molar refractivity (Wildman–Crippen MR) is 84.3 cm³/mol. The summed E-state index contributed by atoms with van der Waals surface area (Å²) < 4.78 is 63.2. The Kier molecular flexibility index (Phi) is 4.83. The van der Waals surface area contributed by atoms with Gasteiger partial charge in [0.25, 0.3) is 5.91 Å². The molecule has 0 saturated carbocycles. The van der Waals surface area contributed by atoms with Crippen LogP contribution in [-0.2, 0) is 16.2 Å². The Hall–Kier alpha value is -2.55. The van der Waals surface area contributed by atoms with Gasteiger partial charge in [-0.25, -0.2) is 8.42 Å². The van der Waals surface area contributed by atoms with Gasteiger partial charge in [0.1, 0.15) is 0 Å². The molecule has 0 aliphatic rings. The van der Waals surface area contributed by atoms with Gasteiger partial charge in [-0.1, -0.05) is 12.1 Å². The van der Waals surface area contributed by atoms with E-state index < -0.39 is 33.2 Å². The zero-order chi connectivity index (χ0) is 18.0. The van der Waals surface area contributed by atoms with Crippen LogP contribution in [0.2, 0.25) is 0 Å². The fourth-order valence-corrected chi connectivity index (χ4v) is 2.53. The number of carbonyl (C=O) groups is 1. The minimum absolute atomic E-state index is 0.232. The Morgan fingerprint density at radius 3 is 2.04 bits per heavy atom. The molecule has 0 heterocycles. The van der Waals surface area contributed by atoms with E-state index in [9.17, 15) is 26.4 Å². The van der Waals surface area contributed by atoms with E-state index in [1.54, 1.807) is 0 Å². The van der Waals surface area contributed by atoms with Crippen LogP contribution >= 0.6 is 0 Å². The molecule has 0 saturated heterocycles. The molecule has 1 amide bonds. The van der Waals surface area contributed by atoms with Crippen molar-refractivity contribution in [1.82, 2.24) is 0 Å². The van der Waals surface area contributed by atoms with Crippen molar-refractivity contribution in [2.24, 2.45) is 0 Å². The zero-order valence-corrected chi connectivity index (χ0v) is 13.2. The van der Waals surface area contributed by atoms with E-state index in [4.69, 9.17) is 0 Å². The van der Waals surface area contributed by atoms with Crippen molar-refractivity contribution in [3.05, 3.63) is 59.7 Å². The van der Waals surface area contributed by atoms with E-state index in [-0.39, 0.29) is 11.4 Å². The minimum atomic E-state index is -4.64. The van der Waals surface area contributed by atoms with E-state index in [0.29, 0.717) is 0 Å². The Morgan fingerprint density at radius 1 is 0.958 bits per heavy atom. The maximum absolute atomic E-state index is 12.9. The molecular weight excluding hydrogens is 345 g/mol. The number of rotatable bonds is 4. The molecule has 5 nitrogen and oxygen atoms in total. The van der Waals surface area contributed by atoms with E-state index >= 15 is 0 Å². The number of alkyl halides is 3. The van der Waals surface area contributed by atoms with Crippen LogP contribution < -0.4 is 10.0 Å². The van der Waals surface area contributed by atoms with Gasteiger partial charge in [0.15, 0.2) is 0 Å². The molecule has 0 aromatic heterocycles. The van der Waals surface area contributed by atoms with Gasteiger partial charge in [-0.05, 0) is 36.4 Å². The summed E-state index contributed by atoms with van der Waals surface area (Å²) in [5, 5.41) is 2.34. The van der Waals surface area contributed by atoms with Crippen molar-refractivity contribution >= 4 is 27.3 Å². The number of carbonyl (C=O) groups excluding carboxylic acids is 1. The van der Waals surface area contributed by atoms with Gasteiger partial charge in [0.2, 0.25) is 10.0 Å². The Labute approximate surface area is 136 Å². The summed E-state index contributed by atoms with van der Waals surface area (Å²) >= 11 is 0. The van der Waals surface area contributed by atoms with Gasteiger partial charge in [0, 0.05) is 11.4 Å². The zero-order valence-electron chi connectivity index (χ0n) is 12.4. The second kappa shape index (κ2) is 6.52. The number of nitrogens with one attached hydrogen (secondary N) is 2. The summed E-state index contributed by atoms with van der Waals surface area (Å²) in [5.74, 6) is -0.910. The molecule has 24 heavy (non-hydrogen) atoms. The van der Waals surface area contributed by atoms with Crippen LogP contribution in [0.5, 0.6) is 0 Å². The molecule has 0 spiro atoms. The summed E-state index contributed by atoms with van der Waals surface area (Å²) in [7, 11) is -3.44. The van der Waals surface area contributed by atoms with Gasteiger partial charge in [0.05, 0.1) is 17.4 Å². The number of sulfonamides is 1. The average molecular weight is 358 g/mol. The van der Waals surface area contributed by atoms with Crippen LogP contribution in [-0.4, -0.2) is 20.6 Å². The number of hydrogen-bond acceptors (Lipinski definition) is 3. The van der Waals surface area contributed by atoms with Crippen LogP contribution in [0.15, 0.2) is 48.5 Å². The Morgan fingerprint density at radius 2 is 1.50 bits per heavy atom. The summed E-state index contributed by atoms with van der Waals surface area (Å²) in [6.07, 6.45) is -3.66. The van der Waals surface area contributed by atoms with Crippen LogP contribution in [0, 0.1) is 0 Å². The molecule has 0 aliphatic carbocycles. The molecule has 0 fully saturated rings. The SMILES string of the molecule is CS(=O)(=O)Nc1ccc(NC(=O)c2ccccc2C(F)(F)F)cc1. The Bertz CT molecular complexity index is 847. The van der Waals surface area contributed by atoms with Crippen molar-refractivity contribution in [3.63, 3.8) is 0 Å². The lowest BCUT2D eigenvalue weighted by atomic mass is 10.1. The predicted octanol–water partition coefficient (Wildman–Crippen LogP) is 3.33. The first-order valence-corrected chi connectivity index (χ1v) is 8.51. The van der Waals surface area contributed by atoms with E-state index in [1.807, 2.05) is 0 Å². The number of anilines is 2. The van der Waals surface area contributed by atoms with Gasteiger partial charge < -0.3 is 5.32 Å². The van der Waals surface area contributed by atoms with Crippen LogP contribution in [0.3, 0.4) is 0 Å². The molecule has 0 atom stereocenters. The fraction of sp³-hybridized carbons (Fsp3) is 0.133. The van der Waals surface area contributed by atoms with Crippen LogP contribution in [0.4, 0.5) is 24.5 Å². The quantitative estimate of drug-likeness (QED) is 0.880. The lowest BCUT2D eigenvalue weighted by Crippen LogP contribution is -2.18. The molecule has 2 rings (SSSR count). The van der Waals surface area contributed by atoms with Gasteiger partial charge in [-0.2, -0.15) is 13.2 Å². The van der Waals surface area contributed by atoms with Gasteiger partial charge >= 0.3 is 6.18 Å². The molecule has 2 aromatic rings. The first-order chi connectivity index (χ1) is 11.1. The van der Waals surface area contributed by atoms with E-state index in [1.165, 1.54) is 36.4 Å². The molecular formula is C15H13F3N2O3S. The van der Waals surface area contributed by atoms with Crippen molar-refractivity contribution in [3.8, 4) is 0 Å². The molecule has 9 heteroatoms. The first-order valence-electron chi connectivity index (χ1n) is 6.62. The van der Waals surface area contributed by atoms with Crippen molar-refractivity contribution in [2.45, 2.75) is 6.18 Å². The summed E-state index contributed by atoms with van der Waals surface area (Å²) in [6, 6.07) is 9.96. The summed E-state index contributed by atoms with van der Waals surface area (Å²) in [4.78, 5) is 12.1. The second-order valence-corrected chi connectivity index (χ2v) is 6.70. The third kappa shape index (κ3) is 4.72. The summed E-state index contributed by atoms with van der Waals surface area (Å²) in [5.41, 5.74) is -1.02. The largest absolute Gasteiger partial charge is 0.417 e. The Balaban J connectivity index is 2.19. The van der Waals surface area contributed by atoms with Gasteiger partial charge in [-0.15, -0.1) is 0 Å².